The molecule has 16 heavy (non-hydrogen) atoms. The van der Waals surface area contributed by atoms with Crippen LogP contribution in [0.25, 0.3) is 0 Å². The zero-order valence-corrected chi connectivity index (χ0v) is 10.0. The Hall–Kier alpha value is -1.20. The largest absolute Gasteiger partial charge is 0.479 e. The lowest BCUT2D eigenvalue weighted by Crippen LogP contribution is -2.37. The van der Waals surface area contributed by atoms with Crippen molar-refractivity contribution in [3.8, 4) is 0 Å². The van der Waals surface area contributed by atoms with Crippen LogP contribution in [0.4, 0.5) is 5.69 Å². The van der Waals surface area contributed by atoms with Crippen LogP contribution < -0.4 is 5.73 Å². The average molecular weight is 241 g/mol. The van der Waals surface area contributed by atoms with Gasteiger partial charge in [0, 0.05) is 16.3 Å². The molecule has 0 spiro atoms. The lowest BCUT2D eigenvalue weighted by atomic mass is 10.1. The lowest BCUT2D eigenvalue weighted by Gasteiger charge is -2.17. The van der Waals surface area contributed by atoms with Crippen molar-refractivity contribution in [1.82, 2.24) is 0 Å². The number of aryl methyl sites for hydroxylation is 1. The van der Waals surface area contributed by atoms with E-state index >= 15 is 0 Å². The van der Waals surface area contributed by atoms with E-state index in [1.54, 1.807) is 0 Å². The van der Waals surface area contributed by atoms with E-state index in [9.17, 15) is 9.90 Å². The van der Waals surface area contributed by atoms with Gasteiger partial charge in [0.15, 0.2) is 5.60 Å². The van der Waals surface area contributed by atoms with E-state index in [1.807, 2.05) is 25.1 Å². The standard InChI is InChI=1S/C11H15NO3S/c1-7-3-4-9(8(12)5-7)16-6-11(2,15)10(13)14/h3-5,15H,6,12H2,1-2H3,(H,13,14). The van der Waals surface area contributed by atoms with Crippen LogP contribution >= 0.6 is 11.8 Å². The van der Waals surface area contributed by atoms with Crippen LogP contribution in [-0.4, -0.2) is 27.5 Å². The van der Waals surface area contributed by atoms with Crippen molar-refractivity contribution in [2.45, 2.75) is 24.3 Å². The minimum absolute atomic E-state index is 0.0651. The van der Waals surface area contributed by atoms with Gasteiger partial charge in [-0.15, -0.1) is 11.8 Å². The van der Waals surface area contributed by atoms with E-state index in [1.165, 1.54) is 18.7 Å². The van der Waals surface area contributed by atoms with E-state index in [2.05, 4.69) is 0 Å². The van der Waals surface area contributed by atoms with Gasteiger partial charge in [0.2, 0.25) is 0 Å². The van der Waals surface area contributed by atoms with Crippen LogP contribution in [0.2, 0.25) is 0 Å². The molecule has 88 valence electrons. The first-order valence-electron chi connectivity index (χ1n) is 4.77. The predicted octanol–water partition coefficient (Wildman–Crippen LogP) is 1.50. The molecule has 1 rings (SSSR count). The van der Waals surface area contributed by atoms with Gasteiger partial charge in [-0.3, -0.25) is 0 Å². The third-order valence-corrected chi connectivity index (χ3v) is 3.52. The van der Waals surface area contributed by atoms with E-state index in [-0.39, 0.29) is 5.75 Å². The lowest BCUT2D eigenvalue weighted by molar-refractivity contribution is -0.154. The molecule has 0 amide bonds. The number of carboxylic acids is 1. The Morgan fingerprint density at radius 2 is 2.19 bits per heavy atom. The highest BCUT2D eigenvalue weighted by molar-refractivity contribution is 7.99. The molecule has 0 aliphatic carbocycles. The summed E-state index contributed by atoms with van der Waals surface area (Å²) in [5.41, 5.74) is 5.69. The van der Waals surface area contributed by atoms with E-state index in [4.69, 9.17) is 10.8 Å². The molecule has 1 aromatic rings. The maximum atomic E-state index is 10.7. The van der Waals surface area contributed by atoms with Gasteiger partial charge in [-0.05, 0) is 31.5 Å². The Kier molecular flexibility index (Phi) is 3.83. The summed E-state index contributed by atoms with van der Waals surface area (Å²) in [4.78, 5) is 11.5. The molecular weight excluding hydrogens is 226 g/mol. The van der Waals surface area contributed by atoms with Gasteiger partial charge in [-0.2, -0.15) is 0 Å². The molecule has 4 nitrogen and oxygen atoms in total. The number of carbonyl (C=O) groups is 1. The second kappa shape index (κ2) is 4.76. The molecule has 5 heteroatoms. The Morgan fingerprint density at radius 1 is 1.56 bits per heavy atom. The quantitative estimate of drug-likeness (QED) is 0.549. The predicted molar refractivity (Wildman–Crippen MR) is 64.6 cm³/mol. The zero-order chi connectivity index (χ0) is 12.3. The maximum Gasteiger partial charge on any atom is 0.336 e. The Labute approximate surface area is 98.5 Å². The van der Waals surface area contributed by atoms with Crippen LogP contribution in [0.1, 0.15) is 12.5 Å². The summed E-state index contributed by atoms with van der Waals surface area (Å²) < 4.78 is 0. The molecule has 1 aromatic carbocycles. The minimum Gasteiger partial charge on any atom is -0.479 e. The number of anilines is 1. The van der Waals surface area contributed by atoms with Gasteiger partial charge >= 0.3 is 5.97 Å². The van der Waals surface area contributed by atoms with Crippen LogP contribution in [0.5, 0.6) is 0 Å². The molecule has 1 unspecified atom stereocenters. The Morgan fingerprint density at radius 3 is 2.69 bits per heavy atom. The van der Waals surface area contributed by atoms with Gasteiger partial charge in [-0.1, -0.05) is 6.07 Å². The third kappa shape index (κ3) is 3.15. The van der Waals surface area contributed by atoms with Crippen molar-refractivity contribution >= 4 is 23.4 Å². The van der Waals surface area contributed by atoms with Gasteiger partial charge in [0.05, 0.1) is 0 Å². The fourth-order valence-electron chi connectivity index (χ4n) is 1.08. The van der Waals surface area contributed by atoms with Crippen molar-refractivity contribution in [2.24, 2.45) is 0 Å². The molecule has 0 aliphatic heterocycles. The highest BCUT2D eigenvalue weighted by Gasteiger charge is 2.29. The molecule has 0 fully saturated rings. The summed E-state index contributed by atoms with van der Waals surface area (Å²) in [7, 11) is 0. The number of carboxylic acid groups (broad SMARTS) is 1. The molecular formula is C11H15NO3S. The summed E-state index contributed by atoms with van der Waals surface area (Å²) in [6.07, 6.45) is 0. The minimum atomic E-state index is -1.73. The van der Waals surface area contributed by atoms with Crippen molar-refractivity contribution in [1.29, 1.82) is 0 Å². The molecule has 0 heterocycles. The average Bonchev–Trinajstić information content (AvgIpc) is 2.16. The first-order valence-corrected chi connectivity index (χ1v) is 5.76. The van der Waals surface area contributed by atoms with E-state index in [0.717, 1.165) is 10.5 Å². The number of nitrogens with two attached hydrogens (primary N) is 1. The normalized spacial score (nSPS) is 14.4. The van der Waals surface area contributed by atoms with Crippen LogP contribution in [0.15, 0.2) is 23.1 Å². The molecule has 0 aromatic heterocycles. The zero-order valence-electron chi connectivity index (χ0n) is 9.23. The molecule has 4 N–H and O–H groups in total. The van der Waals surface area contributed by atoms with Crippen molar-refractivity contribution < 1.29 is 15.0 Å². The number of aliphatic carboxylic acids is 1. The molecule has 0 saturated heterocycles. The number of nitrogen functional groups attached to an aromatic ring is 1. The number of benzene rings is 1. The molecule has 0 aliphatic rings. The maximum absolute atomic E-state index is 10.7. The molecule has 1 atom stereocenters. The number of aliphatic hydroxyl groups is 1. The topological polar surface area (TPSA) is 83.5 Å². The SMILES string of the molecule is Cc1ccc(SCC(C)(O)C(=O)O)c(N)c1. The van der Waals surface area contributed by atoms with Crippen LogP contribution in [0, 0.1) is 6.92 Å². The van der Waals surface area contributed by atoms with Crippen molar-refractivity contribution in [3.05, 3.63) is 23.8 Å². The van der Waals surface area contributed by atoms with Crippen LogP contribution in [0.3, 0.4) is 0 Å². The molecule has 0 radical (unpaired) electrons. The summed E-state index contributed by atoms with van der Waals surface area (Å²) >= 11 is 1.24. The van der Waals surface area contributed by atoms with E-state index in [0.29, 0.717) is 5.69 Å². The monoisotopic (exact) mass is 241 g/mol. The first-order chi connectivity index (χ1) is 7.33. The number of rotatable bonds is 4. The fraction of sp³-hybridized carbons (Fsp3) is 0.364. The molecule has 0 saturated carbocycles. The number of thioether (sulfide) groups is 1. The third-order valence-electron chi connectivity index (χ3n) is 2.13. The van der Waals surface area contributed by atoms with Gasteiger partial charge in [0.25, 0.3) is 0 Å². The second-order valence-electron chi connectivity index (χ2n) is 3.91. The summed E-state index contributed by atoms with van der Waals surface area (Å²) in [6, 6.07) is 5.54. The summed E-state index contributed by atoms with van der Waals surface area (Å²) in [6.45, 7) is 3.20. The summed E-state index contributed by atoms with van der Waals surface area (Å²) in [5, 5.41) is 18.3. The van der Waals surface area contributed by atoms with E-state index < -0.39 is 11.6 Å². The Bertz CT molecular complexity index is 404. The Balaban J connectivity index is 2.72. The highest BCUT2D eigenvalue weighted by atomic mass is 32.2. The van der Waals surface area contributed by atoms with Crippen molar-refractivity contribution in [3.63, 3.8) is 0 Å². The van der Waals surface area contributed by atoms with Crippen LogP contribution in [-0.2, 0) is 4.79 Å². The smallest absolute Gasteiger partial charge is 0.336 e. The molecule has 0 bridgehead atoms. The van der Waals surface area contributed by atoms with Gasteiger partial charge in [-0.25, -0.2) is 4.79 Å². The van der Waals surface area contributed by atoms with Gasteiger partial charge in [0.1, 0.15) is 0 Å². The summed E-state index contributed by atoms with van der Waals surface area (Å²) in [5.74, 6) is -1.17. The second-order valence-corrected chi connectivity index (χ2v) is 4.93. The highest BCUT2D eigenvalue weighted by Crippen LogP contribution is 2.28. The van der Waals surface area contributed by atoms with Crippen molar-refractivity contribution in [2.75, 3.05) is 11.5 Å². The number of hydrogen-bond acceptors (Lipinski definition) is 4. The van der Waals surface area contributed by atoms with Gasteiger partial charge < -0.3 is 15.9 Å². The fourth-order valence-corrected chi connectivity index (χ4v) is 2.03. The number of hydrogen-bond donors (Lipinski definition) is 3. The first kappa shape index (κ1) is 12.9.